The molecule has 1 amide bonds. The highest BCUT2D eigenvalue weighted by atomic mass is 16.7. The first-order valence-corrected chi connectivity index (χ1v) is 7.93. The molecule has 0 unspecified atom stereocenters. The van der Waals surface area contributed by atoms with E-state index in [-0.39, 0.29) is 6.79 Å². The molecule has 2 aromatic carbocycles. The maximum Gasteiger partial charge on any atom is 0.338 e. The molecule has 0 bridgehead atoms. The number of ether oxygens (including phenoxy) is 3. The van der Waals surface area contributed by atoms with Gasteiger partial charge in [-0.2, -0.15) is 0 Å². The maximum atomic E-state index is 12.2. The zero-order valence-electron chi connectivity index (χ0n) is 14.3. The van der Waals surface area contributed by atoms with Crippen molar-refractivity contribution in [2.45, 2.75) is 26.9 Å². The minimum atomic E-state index is -0.931. The van der Waals surface area contributed by atoms with E-state index in [2.05, 4.69) is 5.32 Å². The van der Waals surface area contributed by atoms with Crippen LogP contribution in [0.5, 0.6) is 11.5 Å². The Bertz CT molecular complexity index is 831. The van der Waals surface area contributed by atoms with Crippen LogP contribution in [0.4, 0.5) is 5.69 Å². The summed E-state index contributed by atoms with van der Waals surface area (Å²) in [5, 5.41) is 2.70. The number of nitrogens with one attached hydrogen (secondary N) is 1. The average Bonchev–Trinajstić information content (AvgIpc) is 3.04. The molecule has 6 heteroatoms. The van der Waals surface area contributed by atoms with Gasteiger partial charge in [0.2, 0.25) is 6.79 Å². The van der Waals surface area contributed by atoms with Crippen molar-refractivity contribution in [3.05, 3.63) is 53.1 Å². The van der Waals surface area contributed by atoms with Crippen LogP contribution in [-0.4, -0.2) is 24.8 Å². The minimum Gasteiger partial charge on any atom is -0.454 e. The second-order valence-electron chi connectivity index (χ2n) is 5.90. The Hall–Kier alpha value is -3.02. The summed E-state index contributed by atoms with van der Waals surface area (Å²) in [7, 11) is 0. The van der Waals surface area contributed by atoms with E-state index in [4.69, 9.17) is 14.2 Å². The second-order valence-corrected chi connectivity index (χ2v) is 5.90. The van der Waals surface area contributed by atoms with Crippen molar-refractivity contribution in [1.82, 2.24) is 0 Å². The van der Waals surface area contributed by atoms with Crippen LogP contribution in [0.2, 0.25) is 0 Å². The third-order valence-electron chi connectivity index (χ3n) is 4.04. The van der Waals surface area contributed by atoms with E-state index in [1.165, 1.54) is 6.92 Å². The molecule has 0 fully saturated rings. The van der Waals surface area contributed by atoms with E-state index >= 15 is 0 Å². The lowest BCUT2D eigenvalue weighted by molar-refractivity contribution is -0.123. The number of benzene rings is 2. The molecule has 2 aromatic rings. The molecule has 0 saturated carbocycles. The van der Waals surface area contributed by atoms with Gasteiger partial charge in [-0.05, 0) is 56.2 Å². The second kappa shape index (κ2) is 6.84. The van der Waals surface area contributed by atoms with Crippen LogP contribution >= 0.6 is 0 Å². The summed E-state index contributed by atoms with van der Waals surface area (Å²) in [6.07, 6.45) is -0.931. The lowest BCUT2D eigenvalue weighted by atomic mass is 10.1. The number of hydrogen-bond donors (Lipinski definition) is 1. The van der Waals surface area contributed by atoms with Crippen molar-refractivity contribution >= 4 is 17.6 Å². The third kappa shape index (κ3) is 3.74. The molecule has 1 N–H and O–H groups in total. The lowest BCUT2D eigenvalue weighted by Gasteiger charge is -2.14. The zero-order chi connectivity index (χ0) is 18.0. The first-order valence-electron chi connectivity index (χ1n) is 7.93. The van der Waals surface area contributed by atoms with E-state index in [1.807, 2.05) is 19.9 Å². The van der Waals surface area contributed by atoms with Crippen molar-refractivity contribution in [1.29, 1.82) is 0 Å². The van der Waals surface area contributed by atoms with Crippen LogP contribution in [0.15, 0.2) is 36.4 Å². The number of aryl methyl sites for hydroxylation is 2. The van der Waals surface area contributed by atoms with Crippen molar-refractivity contribution in [3.63, 3.8) is 0 Å². The highest BCUT2D eigenvalue weighted by Gasteiger charge is 2.20. The molecule has 130 valence electrons. The molecular weight excluding hydrogens is 322 g/mol. The quantitative estimate of drug-likeness (QED) is 0.865. The SMILES string of the molecule is Cc1ccc(C(=O)O[C@@H](C)C(=O)Nc2ccc3c(c2)OCO3)cc1C. The largest absolute Gasteiger partial charge is 0.454 e. The summed E-state index contributed by atoms with van der Waals surface area (Å²) >= 11 is 0. The number of anilines is 1. The predicted octanol–water partition coefficient (Wildman–Crippen LogP) is 3.22. The van der Waals surface area contributed by atoms with Gasteiger partial charge in [-0.3, -0.25) is 4.79 Å². The normalized spacial score (nSPS) is 13.2. The molecule has 0 spiro atoms. The van der Waals surface area contributed by atoms with Crippen LogP contribution in [0.3, 0.4) is 0 Å². The summed E-state index contributed by atoms with van der Waals surface area (Å²) in [4.78, 5) is 24.4. The van der Waals surface area contributed by atoms with Gasteiger partial charge in [-0.1, -0.05) is 6.07 Å². The fourth-order valence-corrected chi connectivity index (χ4v) is 2.37. The van der Waals surface area contributed by atoms with Gasteiger partial charge in [-0.25, -0.2) is 4.79 Å². The van der Waals surface area contributed by atoms with E-state index in [1.54, 1.807) is 30.3 Å². The smallest absolute Gasteiger partial charge is 0.338 e. The van der Waals surface area contributed by atoms with Crippen molar-refractivity contribution in [2.75, 3.05) is 12.1 Å². The fraction of sp³-hybridized carbons (Fsp3) is 0.263. The number of hydrogen-bond acceptors (Lipinski definition) is 5. The third-order valence-corrected chi connectivity index (χ3v) is 4.04. The molecule has 3 rings (SSSR count). The number of carbonyl (C=O) groups excluding carboxylic acids is 2. The molecule has 25 heavy (non-hydrogen) atoms. The monoisotopic (exact) mass is 341 g/mol. The highest BCUT2D eigenvalue weighted by molar-refractivity contribution is 5.97. The van der Waals surface area contributed by atoms with Gasteiger partial charge in [0.05, 0.1) is 5.56 Å². The van der Waals surface area contributed by atoms with Gasteiger partial charge in [0, 0.05) is 11.8 Å². The van der Waals surface area contributed by atoms with Gasteiger partial charge >= 0.3 is 5.97 Å². The molecule has 1 aliphatic heterocycles. The first kappa shape index (κ1) is 16.8. The van der Waals surface area contributed by atoms with Gasteiger partial charge in [0.25, 0.3) is 5.91 Å². The van der Waals surface area contributed by atoms with E-state index in [9.17, 15) is 9.59 Å². The van der Waals surface area contributed by atoms with Crippen LogP contribution in [-0.2, 0) is 9.53 Å². The van der Waals surface area contributed by atoms with Crippen molar-refractivity contribution < 1.29 is 23.8 Å². The number of carbonyl (C=O) groups is 2. The maximum absolute atomic E-state index is 12.2. The minimum absolute atomic E-state index is 0.163. The van der Waals surface area contributed by atoms with Gasteiger partial charge < -0.3 is 19.5 Å². The Labute approximate surface area is 145 Å². The molecule has 1 atom stereocenters. The molecule has 0 aromatic heterocycles. The van der Waals surface area contributed by atoms with Crippen LogP contribution in [0.25, 0.3) is 0 Å². The molecule has 0 saturated heterocycles. The standard InChI is InChI=1S/C19H19NO5/c1-11-4-5-14(8-12(11)2)19(22)25-13(3)18(21)20-15-6-7-16-17(9-15)24-10-23-16/h4-9,13H,10H2,1-3H3,(H,20,21)/t13-/m0/s1. The summed E-state index contributed by atoms with van der Waals surface area (Å²) in [5.74, 6) is 0.247. The van der Waals surface area contributed by atoms with Crippen molar-refractivity contribution in [3.8, 4) is 11.5 Å². The molecule has 0 radical (unpaired) electrons. The van der Waals surface area contributed by atoms with Crippen LogP contribution < -0.4 is 14.8 Å². The van der Waals surface area contributed by atoms with Gasteiger partial charge in [-0.15, -0.1) is 0 Å². The summed E-state index contributed by atoms with van der Waals surface area (Å²) < 4.78 is 15.7. The van der Waals surface area contributed by atoms with Crippen LogP contribution in [0.1, 0.15) is 28.4 Å². The fourth-order valence-electron chi connectivity index (χ4n) is 2.37. The molecule has 1 heterocycles. The molecule has 6 nitrogen and oxygen atoms in total. The Morgan fingerprint density at radius 2 is 1.80 bits per heavy atom. The number of rotatable bonds is 4. The molecule has 1 aliphatic rings. The summed E-state index contributed by atoms with van der Waals surface area (Å²) in [6.45, 7) is 5.58. The Balaban J connectivity index is 1.62. The highest BCUT2D eigenvalue weighted by Crippen LogP contribution is 2.34. The average molecular weight is 341 g/mol. The zero-order valence-corrected chi connectivity index (χ0v) is 14.3. The number of esters is 1. The van der Waals surface area contributed by atoms with E-state index in [0.717, 1.165) is 11.1 Å². The molecule has 0 aliphatic carbocycles. The van der Waals surface area contributed by atoms with Crippen LogP contribution in [0, 0.1) is 13.8 Å². The Morgan fingerprint density at radius 3 is 2.56 bits per heavy atom. The first-order chi connectivity index (χ1) is 11.9. The van der Waals surface area contributed by atoms with Gasteiger partial charge in [0.15, 0.2) is 17.6 Å². The Kier molecular flexibility index (Phi) is 4.61. The number of fused-ring (bicyclic) bond motifs is 1. The van der Waals surface area contributed by atoms with Crippen molar-refractivity contribution in [2.24, 2.45) is 0 Å². The lowest BCUT2D eigenvalue weighted by Crippen LogP contribution is -2.30. The van der Waals surface area contributed by atoms with E-state index in [0.29, 0.717) is 22.7 Å². The van der Waals surface area contributed by atoms with Gasteiger partial charge in [0.1, 0.15) is 0 Å². The summed E-state index contributed by atoms with van der Waals surface area (Å²) in [5.41, 5.74) is 3.05. The summed E-state index contributed by atoms with van der Waals surface area (Å²) in [6, 6.07) is 10.4. The number of amides is 1. The Morgan fingerprint density at radius 1 is 1.04 bits per heavy atom. The predicted molar refractivity (Wildman–Crippen MR) is 92.0 cm³/mol. The molecular formula is C19H19NO5. The topological polar surface area (TPSA) is 73.9 Å². The van der Waals surface area contributed by atoms with E-state index < -0.39 is 18.0 Å².